The summed E-state index contributed by atoms with van der Waals surface area (Å²) in [6, 6.07) is 1.42. The van der Waals surface area contributed by atoms with Gasteiger partial charge in [-0.15, -0.1) is 0 Å². The largest absolute Gasteiger partial charge is 0.390 e. The topological polar surface area (TPSA) is 99.9 Å². The van der Waals surface area contributed by atoms with Crippen LogP contribution in [-0.2, 0) is 6.54 Å². The third-order valence-corrected chi connectivity index (χ3v) is 3.64. The standard InChI is InChI=1S/C12H15N5O3/c1-8-6-10(17(18)19)14-16(8)7-11-13-12(15-20-11)9-4-2-3-5-9/h6,9H,2-5,7H2,1H3. The zero-order valence-corrected chi connectivity index (χ0v) is 11.2. The third-order valence-electron chi connectivity index (χ3n) is 3.64. The zero-order valence-electron chi connectivity index (χ0n) is 11.2. The van der Waals surface area contributed by atoms with E-state index >= 15 is 0 Å². The molecule has 2 heterocycles. The predicted molar refractivity (Wildman–Crippen MR) is 68.2 cm³/mol. The van der Waals surface area contributed by atoms with Gasteiger partial charge in [0.2, 0.25) is 5.89 Å². The lowest BCUT2D eigenvalue weighted by atomic mass is 10.1. The summed E-state index contributed by atoms with van der Waals surface area (Å²) in [6.45, 7) is 2.02. The van der Waals surface area contributed by atoms with Crippen LogP contribution in [0.1, 0.15) is 49.0 Å². The van der Waals surface area contributed by atoms with Gasteiger partial charge in [-0.25, -0.2) is 0 Å². The molecule has 0 N–H and O–H groups in total. The zero-order chi connectivity index (χ0) is 14.1. The number of hydrogen-bond donors (Lipinski definition) is 0. The molecule has 20 heavy (non-hydrogen) atoms. The summed E-state index contributed by atoms with van der Waals surface area (Å²) in [5, 5.41) is 18.6. The van der Waals surface area contributed by atoms with Crippen molar-refractivity contribution < 1.29 is 9.45 Å². The summed E-state index contributed by atoms with van der Waals surface area (Å²) in [6.07, 6.45) is 4.62. The van der Waals surface area contributed by atoms with E-state index in [1.54, 1.807) is 6.92 Å². The van der Waals surface area contributed by atoms with E-state index in [2.05, 4.69) is 15.2 Å². The maximum atomic E-state index is 10.7. The van der Waals surface area contributed by atoms with E-state index in [4.69, 9.17) is 4.52 Å². The smallest absolute Gasteiger partial charge is 0.358 e. The van der Waals surface area contributed by atoms with Crippen molar-refractivity contribution in [3.05, 3.63) is 33.6 Å². The lowest BCUT2D eigenvalue weighted by Crippen LogP contribution is -2.05. The average molecular weight is 277 g/mol. The quantitative estimate of drug-likeness (QED) is 0.627. The second-order valence-electron chi connectivity index (χ2n) is 5.09. The van der Waals surface area contributed by atoms with E-state index in [0.29, 0.717) is 17.5 Å². The molecule has 1 saturated carbocycles. The number of rotatable bonds is 4. The van der Waals surface area contributed by atoms with Gasteiger partial charge >= 0.3 is 5.82 Å². The highest BCUT2D eigenvalue weighted by Gasteiger charge is 2.23. The van der Waals surface area contributed by atoms with E-state index in [1.165, 1.54) is 23.6 Å². The average Bonchev–Trinajstić information content (AvgIpc) is 3.11. The molecule has 1 aliphatic rings. The van der Waals surface area contributed by atoms with Crippen LogP contribution in [-0.4, -0.2) is 24.8 Å². The van der Waals surface area contributed by atoms with E-state index in [1.807, 2.05) is 0 Å². The van der Waals surface area contributed by atoms with Crippen molar-refractivity contribution in [2.75, 3.05) is 0 Å². The molecule has 106 valence electrons. The molecule has 1 aliphatic carbocycles. The van der Waals surface area contributed by atoms with Crippen LogP contribution in [0.4, 0.5) is 5.82 Å². The van der Waals surface area contributed by atoms with Crippen molar-refractivity contribution in [3.63, 3.8) is 0 Å². The highest BCUT2D eigenvalue weighted by Crippen LogP contribution is 2.32. The third kappa shape index (κ3) is 2.40. The summed E-state index contributed by atoms with van der Waals surface area (Å²) in [4.78, 5) is 14.5. The molecule has 0 radical (unpaired) electrons. The Kier molecular flexibility index (Phi) is 3.21. The van der Waals surface area contributed by atoms with E-state index in [9.17, 15) is 10.1 Å². The summed E-state index contributed by atoms with van der Waals surface area (Å²) in [7, 11) is 0. The Balaban J connectivity index is 1.76. The Hall–Kier alpha value is -2.25. The lowest BCUT2D eigenvalue weighted by molar-refractivity contribution is -0.389. The van der Waals surface area contributed by atoms with Crippen molar-refractivity contribution in [1.82, 2.24) is 19.9 Å². The molecule has 2 aromatic rings. The Morgan fingerprint density at radius 1 is 1.50 bits per heavy atom. The predicted octanol–water partition coefficient (Wildman–Crippen LogP) is 2.19. The number of nitrogens with zero attached hydrogens (tertiary/aromatic N) is 5. The van der Waals surface area contributed by atoms with Crippen LogP contribution in [0.15, 0.2) is 10.6 Å². The van der Waals surface area contributed by atoms with Gasteiger partial charge in [0.1, 0.15) is 6.54 Å². The maximum absolute atomic E-state index is 10.7. The van der Waals surface area contributed by atoms with Crippen LogP contribution in [0, 0.1) is 17.0 Å². The second-order valence-corrected chi connectivity index (χ2v) is 5.09. The van der Waals surface area contributed by atoms with E-state index < -0.39 is 4.92 Å². The minimum absolute atomic E-state index is 0.168. The summed E-state index contributed by atoms with van der Waals surface area (Å²) < 4.78 is 6.72. The van der Waals surface area contributed by atoms with Crippen LogP contribution >= 0.6 is 0 Å². The van der Waals surface area contributed by atoms with Gasteiger partial charge in [0.15, 0.2) is 5.82 Å². The van der Waals surface area contributed by atoms with Crippen molar-refractivity contribution in [1.29, 1.82) is 0 Å². The van der Waals surface area contributed by atoms with Crippen LogP contribution in [0.5, 0.6) is 0 Å². The van der Waals surface area contributed by atoms with Gasteiger partial charge in [-0.05, 0) is 24.7 Å². The molecule has 8 nitrogen and oxygen atoms in total. The van der Waals surface area contributed by atoms with Crippen molar-refractivity contribution in [3.8, 4) is 0 Å². The summed E-state index contributed by atoms with van der Waals surface area (Å²) in [5.74, 6) is 1.41. The molecule has 0 unspecified atom stereocenters. The molecule has 0 aromatic carbocycles. The van der Waals surface area contributed by atoms with Crippen LogP contribution < -0.4 is 0 Å². The molecule has 2 aromatic heterocycles. The van der Waals surface area contributed by atoms with Crippen molar-refractivity contribution in [2.24, 2.45) is 0 Å². The Morgan fingerprint density at radius 3 is 2.90 bits per heavy atom. The van der Waals surface area contributed by atoms with E-state index in [0.717, 1.165) is 18.7 Å². The number of aromatic nitrogens is 4. The Bertz CT molecular complexity index is 627. The fourth-order valence-electron chi connectivity index (χ4n) is 2.55. The summed E-state index contributed by atoms with van der Waals surface area (Å²) >= 11 is 0. The molecule has 0 aliphatic heterocycles. The summed E-state index contributed by atoms with van der Waals surface area (Å²) in [5.41, 5.74) is 0.692. The first kappa shape index (κ1) is 12.8. The van der Waals surface area contributed by atoms with Crippen molar-refractivity contribution in [2.45, 2.75) is 45.1 Å². The minimum atomic E-state index is -0.513. The number of nitro groups is 1. The van der Waals surface area contributed by atoms with Gasteiger partial charge in [0, 0.05) is 5.92 Å². The first-order chi connectivity index (χ1) is 9.63. The second kappa shape index (κ2) is 5.03. The molecule has 0 spiro atoms. The molecular formula is C12H15N5O3. The van der Waals surface area contributed by atoms with Gasteiger partial charge in [-0.1, -0.05) is 18.0 Å². The number of hydrogen-bond acceptors (Lipinski definition) is 6. The molecule has 0 amide bonds. The van der Waals surface area contributed by atoms with Crippen LogP contribution in [0.3, 0.4) is 0 Å². The lowest BCUT2D eigenvalue weighted by Gasteiger charge is -1.99. The monoisotopic (exact) mass is 277 g/mol. The van der Waals surface area contributed by atoms with Gasteiger partial charge in [0.05, 0.1) is 16.9 Å². The van der Waals surface area contributed by atoms with Crippen LogP contribution in [0.2, 0.25) is 0 Å². The first-order valence-electron chi connectivity index (χ1n) is 6.65. The molecule has 8 heteroatoms. The first-order valence-corrected chi connectivity index (χ1v) is 6.65. The van der Waals surface area contributed by atoms with E-state index in [-0.39, 0.29) is 12.4 Å². The SMILES string of the molecule is Cc1cc([N+](=O)[O-])nn1Cc1nc(C2CCCC2)no1. The normalized spacial score (nSPS) is 15.8. The molecule has 0 atom stereocenters. The molecule has 1 fully saturated rings. The van der Waals surface area contributed by atoms with Gasteiger partial charge < -0.3 is 14.6 Å². The van der Waals surface area contributed by atoms with Crippen LogP contribution in [0.25, 0.3) is 0 Å². The maximum Gasteiger partial charge on any atom is 0.390 e. The highest BCUT2D eigenvalue weighted by molar-refractivity contribution is 5.21. The fraction of sp³-hybridized carbons (Fsp3) is 0.583. The molecule has 0 saturated heterocycles. The molecular weight excluding hydrogens is 262 g/mol. The van der Waals surface area contributed by atoms with Gasteiger partial charge in [-0.3, -0.25) is 0 Å². The van der Waals surface area contributed by atoms with Crippen molar-refractivity contribution >= 4 is 5.82 Å². The fourth-order valence-corrected chi connectivity index (χ4v) is 2.55. The molecule has 3 rings (SSSR count). The minimum Gasteiger partial charge on any atom is -0.358 e. The highest BCUT2D eigenvalue weighted by atomic mass is 16.6. The van der Waals surface area contributed by atoms with Gasteiger partial charge in [0.25, 0.3) is 0 Å². The van der Waals surface area contributed by atoms with Gasteiger partial charge in [-0.2, -0.15) is 9.67 Å². The Morgan fingerprint density at radius 2 is 2.25 bits per heavy atom. The Labute approximate surface area is 114 Å². The molecule has 0 bridgehead atoms. The number of aryl methyl sites for hydroxylation is 1.